The van der Waals surface area contributed by atoms with E-state index in [0.29, 0.717) is 0 Å². The van der Waals surface area contributed by atoms with Crippen LogP contribution in [0.4, 0.5) is 0 Å². The first-order chi connectivity index (χ1) is 7.91. The van der Waals surface area contributed by atoms with E-state index in [1.165, 1.54) is 57.4 Å². The molecule has 0 spiro atoms. The molecule has 0 atom stereocenters. The van der Waals surface area contributed by atoms with Crippen LogP contribution < -0.4 is 0 Å². The van der Waals surface area contributed by atoms with Gasteiger partial charge in [0.05, 0.1) is 6.07 Å². The van der Waals surface area contributed by atoms with Crippen LogP contribution in [0.15, 0.2) is 24.3 Å². The zero-order valence-electron chi connectivity index (χ0n) is 10.6. The molecule has 0 heterocycles. The van der Waals surface area contributed by atoms with Crippen molar-refractivity contribution in [1.82, 2.24) is 0 Å². The second-order valence-electron chi connectivity index (χ2n) is 4.18. The summed E-state index contributed by atoms with van der Waals surface area (Å²) in [6, 6.07) is 1.97. The van der Waals surface area contributed by atoms with Gasteiger partial charge in [-0.25, -0.2) is 0 Å². The van der Waals surface area contributed by atoms with Crippen LogP contribution in [-0.4, -0.2) is 0 Å². The van der Waals surface area contributed by atoms with Gasteiger partial charge in [-0.2, -0.15) is 5.26 Å². The van der Waals surface area contributed by atoms with Crippen LogP contribution in [0, 0.1) is 11.3 Å². The van der Waals surface area contributed by atoms with Gasteiger partial charge in [-0.05, 0) is 12.8 Å². The third-order valence-corrected chi connectivity index (χ3v) is 2.64. The second-order valence-corrected chi connectivity index (χ2v) is 4.18. The molecule has 0 aliphatic rings. The Morgan fingerprint density at radius 1 is 0.875 bits per heavy atom. The molecule has 0 aromatic carbocycles. The Kier molecular flexibility index (Phi) is 13.1. The predicted molar refractivity (Wildman–Crippen MR) is 71.1 cm³/mol. The Morgan fingerprint density at radius 3 is 2.12 bits per heavy atom. The predicted octanol–water partition coefficient (Wildman–Crippen LogP) is 5.15. The van der Waals surface area contributed by atoms with Crippen molar-refractivity contribution >= 4 is 0 Å². The molecular weight excluding hydrogens is 194 g/mol. The van der Waals surface area contributed by atoms with Crippen molar-refractivity contribution in [2.24, 2.45) is 0 Å². The van der Waals surface area contributed by atoms with Gasteiger partial charge in [0.2, 0.25) is 0 Å². The highest BCUT2D eigenvalue weighted by molar-refractivity contribution is 5.11. The molecule has 0 radical (unpaired) electrons. The van der Waals surface area contributed by atoms with Crippen molar-refractivity contribution in [3.63, 3.8) is 0 Å². The van der Waals surface area contributed by atoms with Gasteiger partial charge < -0.3 is 0 Å². The molecule has 0 aromatic heterocycles. The van der Waals surface area contributed by atoms with E-state index in [9.17, 15) is 0 Å². The van der Waals surface area contributed by atoms with Crippen LogP contribution in [0.5, 0.6) is 0 Å². The molecule has 0 saturated carbocycles. The normalized spacial score (nSPS) is 11.2. The summed E-state index contributed by atoms with van der Waals surface area (Å²) in [5.41, 5.74) is 0. The second kappa shape index (κ2) is 14.0. The summed E-state index contributed by atoms with van der Waals surface area (Å²) in [5, 5.41) is 8.26. The van der Waals surface area contributed by atoms with Crippen LogP contribution in [0.3, 0.4) is 0 Å². The maximum absolute atomic E-state index is 8.26. The van der Waals surface area contributed by atoms with Crippen molar-refractivity contribution in [2.45, 2.75) is 64.7 Å². The molecule has 0 aliphatic heterocycles. The average molecular weight is 219 g/mol. The molecule has 0 fully saturated rings. The average Bonchev–Trinajstić information content (AvgIpc) is 2.31. The van der Waals surface area contributed by atoms with E-state index in [4.69, 9.17) is 5.26 Å². The molecule has 0 aromatic rings. The largest absolute Gasteiger partial charge is 0.193 e. The number of hydrogen-bond acceptors (Lipinski definition) is 1. The van der Waals surface area contributed by atoms with Gasteiger partial charge in [-0.3, -0.25) is 0 Å². The third kappa shape index (κ3) is 13.0. The monoisotopic (exact) mass is 219 g/mol. The smallest absolute Gasteiger partial charge is 0.0912 e. The fourth-order valence-electron chi connectivity index (χ4n) is 1.67. The fraction of sp³-hybridized carbons (Fsp3) is 0.667. The van der Waals surface area contributed by atoms with Gasteiger partial charge in [0.15, 0.2) is 0 Å². The van der Waals surface area contributed by atoms with E-state index in [1.807, 2.05) is 12.1 Å². The lowest BCUT2D eigenvalue weighted by molar-refractivity contribution is 0.577. The summed E-state index contributed by atoms with van der Waals surface area (Å²) in [5.74, 6) is 0. The molecule has 0 saturated heterocycles. The maximum atomic E-state index is 8.26. The van der Waals surface area contributed by atoms with Gasteiger partial charge in [-0.15, -0.1) is 0 Å². The highest BCUT2D eigenvalue weighted by Gasteiger charge is 1.89. The van der Waals surface area contributed by atoms with Crippen molar-refractivity contribution in [3.05, 3.63) is 24.3 Å². The molecule has 0 unspecified atom stereocenters. The molecule has 90 valence electrons. The summed E-state index contributed by atoms with van der Waals surface area (Å²) in [4.78, 5) is 0. The first-order valence-corrected chi connectivity index (χ1v) is 6.63. The van der Waals surface area contributed by atoms with E-state index in [1.54, 1.807) is 6.08 Å². The van der Waals surface area contributed by atoms with E-state index in [-0.39, 0.29) is 0 Å². The maximum Gasteiger partial charge on any atom is 0.0912 e. The lowest BCUT2D eigenvalue weighted by atomic mass is 10.1. The van der Waals surface area contributed by atoms with Gasteiger partial charge in [-0.1, -0.05) is 70.1 Å². The summed E-state index contributed by atoms with van der Waals surface area (Å²) in [6.45, 7) is 2.26. The lowest BCUT2D eigenvalue weighted by Crippen LogP contribution is -1.79. The highest BCUT2D eigenvalue weighted by atomic mass is 14.2. The van der Waals surface area contributed by atoms with Gasteiger partial charge in [0, 0.05) is 6.08 Å². The molecule has 0 N–H and O–H groups in total. The first-order valence-electron chi connectivity index (χ1n) is 6.63. The minimum absolute atomic E-state index is 1.14. The van der Waals surface area contributed by atoms with Gasteiger partial charge in [0.1, 0.15) is 0 Å². The summed E-state index contributed by atoms with van der Waals surface area (Å²) in [6.07, 6.45) is 19.5. The third-order valence-electron chi connectivity index (χ3n) is 2.64. The van der Waals surface area contributed by atoms with Crippen molar-refractivity contribution in [1.29, 1.82) is 5.26 Å². The summed E-state index contributed by atoms with van der Waals surface area (Å²) < 4.78 is 0. The Bertz CT molecular complexity index is 220. The van der Waals surface area contributed by atoms with Crippen LogP contribution >= 0.6 is 0 Å². The zero-order valence-corrected chi connectivity index (χ0v) is 10.6. The minimum atomic E-state index is 1.14. The van der Waals surface area contributed by atoms with Crippen LogP contribution in [0.1, 0.15) is 64.7 Å². The van der Waals surface area contributed by atoms with E-state index >= 15 is 0 Å². The highest BCUT2D eigenvalue weighted by Crippen LogP contribution is 2.09. The van der Waals surface area contributed by atoms with Crippen LogP contribution in [0.2, 0.25) is 0 Å². The number of rotatable bonds is 10. The SMILES string of the molecule is CCCCCCCCCC/C=C/C=C/C#N. The van der Waals surface area contributed by atoms with Crippen LogP contribution in [-0.2, 0) is 0 Å². The van der Waals surface area contributed by atoms with Crippen molar-refractivity contribution in [3.8, 4) is 6.07 Å². The summed E-state index contributed by atoms with van der Waals surface area (Å²) in [7, 11) is 0. The Balaban J connectivity index is 3.07. The molecule has 1 nitrogen and oxygen atoms in total. The Labute approximate surface area is 101 Å². The van der Waals surface area contributed by atoms with Crippen LogP contribution in [0.25, 0.3) is 0 Å². The van der Waals surface area contributed by atoms with E-state index in [0.717, 1.165) is 6.42 Å². The molecule has 0 aliphatic carbocycles. The lowest BCUT2D eigenvalue weighted by Gasteiger charge is -1.99. The quantitative estimate of drug-likeness (QED) is 0.283. The molecular formula is C15H25N. The molecule has 1 heteroatoms. The minimum Gasteiger partial charge on any atom is -0.193 e. The summed E-state index contributed by atoms with van der Waals surface area (Å²) >= 11 is 0. The molecule has 0 rings (SSSR count). The van der Waals surface area contributed by atoms with Crippen molar-refractivity contribution < 1.29 is 0 Å². The number of hydrogen-bond donors (Lipinski definition) is 0. The topological polar surface area (TPSA) is 23.8 Å². The number of allylic oxidation sites excluding steroid dienone is 4. The molecule has 0 amide bonds. The Morgan fingerprint density at radius 2 is 1.50 bits per heavy atom. The first kappa shape index (κ1) is 15.0. The van der Waals surface area contributed by atoms with E-state index in [2.05, 4.69) is 13.0 Å². The molecule has 16 heavy (non-hydrogen) atoms. The molecule has 0 bridgehead atoms. The number of nitrogens with zero attached hydrogens (tertiary/aromatic N) is 1. The standard InChI is InChI=1S/C15H25N/c1-2-3-4-5-6-7-8-9-10-11-12-13-14-15-16/h11-14H,2-10H2,1H3/b12-11+,14-13+. The van der Waals surface area contributed by atoms with E-state index < -0.39 is 0 Å². The van der Waals surface area contributed by atoms with Gasteiger partial charge in [0.25, 0.3) is 0 Å². The Hall–Kier alpha value is -1.03. The number of nitriles is 1. The fourth-order valence-corrected chi connectivity index (χ4v) is 1.67. The number of unbranched alkanes of at least 4 members (excludes halogenated alkanes) is 8. The zero-order chi connectivity index (χ0) is 11.9. The van der Waals surface area contributed by atoms with Crippen molar-refractivity contribution in [2.75, 3.05) is 0 Å². The van der Waals surface area contributed by atoms with Gasteiger partial charge >= 0.3 is 0 Å².